The number of carbonyl (C=O) groups excluding carboxylic acids is 1. The maximum absolute atomic E-state index is 14.3. The zero-order valence-corrected chi connectivity index (χ0v) is 26.0. The lowest BCUT2D eigenvalue weighted by molar-refractivity contribution is -0.127. The maximum Gasteiger partial charge on any atom is 0.271 e. The molecule has 0 unspecified atom stereocenters. The predicted octanol–water partition coefficient (Wildman–Crippen LogP) is 6.01. The summed E-state index contributed by atoms with van der Waals surface area (Å²) in [4.78, 5) is 36.5. The van der Waals surface area contributed by atoms with Crippen LogP contribution >= 0.6 is 23.1 Å². The van der Waals surface area contributed by atoms with Gasteiger partial charge < -0.3 is 14.1 Å². The first kappa shape index (κ1) is 28.8. The normalized spacial score (nSPS) is 15.0. The van der Waals surface area contributed by atoms with Crippen molar-refractivity contribution in [3.05, 3.63) is 121 Å². The number of aromatic nitrogens is 1. The van der Waals surface area contributed by atoms with Gasteiger partial charge in [-0.05, 0) is 61.9 Å². The van der Waals surface area contributed by atoms with Crippen molar-refractivity contribution in [2.75, 3.05) is 20.2 Å². The first-order valence-electron chi connectivity index (χ1n) is 14.1. The highest BCUT2D eigenvalue weighted by Crippen LogP contribution is 2.40. The van der Waals surface area contributed by atoms with Crippen LogP contribution in [0.1, 0.15) is 38.1 Å². The molecule has 0 radical (unpaired) electrons. The molecule has 3 heterocycles. The third-order valence-electron chi connectivity index (χ3n) is 7.56. The van der Waals surface area contributed by atoms with Crippen LogP contribution in [0.15, 0.2) is 114 Å². The Morgan fingerprint density at radius 2 is 1.79 bits per heavy atom. The van der Waals surface area contributed by atoms with Crippen LogP contribution in [0.4, 0.5) is 0 Å². The van der Waals surface area contributed by atoms with Crippen molar-refractivity contribution >= 4 is 45.9 Å². The summed E-state index contributed by atoms with van der Waals surface area (Å²) in [6.45, 7) is 6.83. The monoisotopic (exact) mass is 609 g/mol. The molecule has 0 bridgehead atoms. The molecule has 6 rings (SSSR count). The van der Waals surface area contributed by atoms with Crippen LogP contribution in [0.2, 0.25) is 0 Å². The summed E-state index contributed by atoms with van der Waals surface area (Å²) in [6.07, 6.45) is 1.75. The molecule has 0 saturated carbocycles. The third kappa shape index (κ3) is 5.34. The molecule has 1 atom stereocenters. The van der Waals surface area contributed by atoms with Gasteiger partial charge in [0.1, 0.15) is 17.6 Å². The van der Waals surface area contributed by atoms with Crippen LogP contribution in [-0.4, -0.2) is 35.6 Å². The minimum Gasteiger partial charge on any atom is -0.496 e. The predicted molar refractivity (Wildman–Crippen MR) is 171 cm³/mol. The van der Waals surface area contributed by atoms with Gasteiger partial charge in [-0.3, -0.25) is 14.2 Å². The van der Waals surface area contributed by atoms with Crippen LogP contribution in [0, 0.1) is 0 Å². The van der Waals surface area contributed by atoms with E-state index >= 15 is 0 Å². The van der Waals surface area contributed by atoms with Crippen LogP contribution in [0.5, 0.6) is 5.75 Å². The highest BCUT2D eigenvalue weighted by Gasteiger charge is 2.36. The number of benzene rings is 3. The number of fused-ring (bicyclic) bond motifs is 2. The standard InChI is InChI=1S/C34H31N3O4S2/c1-5-36(6-2)33(39)29-21(3)35-34-37(31(29)30-25-15-11-10-12-22(25)16-18-26(30)40-4)32(38)27(43-34)20-23-17-19-28(41-23)42-24-13-8-7-9-14-24/h7-20,31H,5-6H2,1-4H3/b27-20+/t31-/m1/s1. The summed E-state index contributed by atoms with van der Waals surface area (Å²) in [6, 6.07) is 24.9. The van der Waals surface area contributed by atoms with Crippen molar-refractivity contribution in [2.24, 2.45) is 4.99 Å². The second-order valence-electron chi connectivity index (χ2n) is 10.0. The van der Waals surface area contributed by atoms with E-state index < -0.39 is 6.04 Å². The van der Waals surface area contributed by atoms with Gasteiger partial charge in [0.25, 0.3) is 11.5 Å². The van der Waals surface area contributed by atoms with Gasteiger partial charge >= 0.3 is 0 Å². The SMILES string of the molecule is CCN(CC)C(=O)C1=C(C)N=c2s/c(=C/c3ccc(Sc4ccccc4)o3)c(=O)n2[C@H]1c1c(OC)ccc2ccccc12. The Morgan fingerprint density at radius 1 is 1.05 bits per heavy atom. The molecule has 0 aliphatic carbocycles. The van der Waals surface area contributed by atoms with Crippen molar-refractivity contribution in [3.63, 3.8) is 0 Å². The van der Waals surface area contributed by atoms with Gasteiger partial charge in [-0.15, -0.1) is 0 Å². The van der Waals surface area contributed by atoms with Crippen LogP contribution in [0.25, 0.3) is 16.8 Å². The molecule has 0 spiro atoms. The molecular weight excluding hydrogens is 579 g/mol. The number of carbonyl (C=O) groups is 1. The van der Waals surface area contributed by atoms with Crippen molar-refractivity contribution in [2.45, 2.75) is 36.8 Å². The summed E-state index contributed by atoms with van der Waals surface area (Å²) >= 11 is 2.80. The molecule has 1 amide bonds. The highest BCUT2D eigenvalue weighted by molar-refractivity contribution is 7.99. The largest absolute Gasteiger partial charge is 0.496 e. The number of methoxy groups -OCH3 is 1. The van der Waals surface area contributed by atoms with E-state index in [0.29, 0.717) is 45.2 Å². The average Bonchev–Trinajstić information content (AvgIpc) is 3.59. The number of hydrogen-bond donors (Lipinski definition) is 0. The number of thiazole rings is 1. The highest BCUT2D eigenvalue weighted by atomic mass is 32.2. The fourth-order valence-corrected chi connectivity index (χ4v) is 7.31. The van der Waals surface area contributed by atoms with E-state index in [9.17, 15) is 9.59 Å². The lowest BCUT2D eigenvalue weighted by Crippen LogP contribution is -2.43. The van der Waals surface area contributed by atoms with Gasteiger partial charge in [-0.25, -0.2) is 4.99 Å². The Morgan fingerprint density at radius 3 is 2.53 bits per heavy atom. The third-order valence-corrected chi connectivity index (χ3v) is 9.48. The zero-order valence-electron chi connectivity index (χ0n) is 24.4. The van der Waals surface area contributed by atoms with Crippen molar-refractivity contribution in [3.8, 4) is 5.75 Å². The number of hydrogen-bond acceptors (Lipinski definition) is 7. The van der Waals surface area contributed by atoms with E-state index in [1.165, 1.54) is 23.1 Å². The molecule has 1 aliphatic rings. The lowest BCUT2D eigenvalue weighted by atomic mass is 9.90. The topological polar surface area (TPSA) is 77.0 Å². The molecule has 0 saturated heterocycles. The van der Waals surface area contributed by atoms with Crippen LogP contribution < -0.4 is 19.6 Å². The minimum atomic E-state index is -0.728. The second-order valence-corrected chi connectivity index (χ2v) is 12.1. The Bertz CT molecular complexity index is 2040. The van der Waals surface area contributed by atoms with E-state index in [-0.39, 0.29) is 11.5 Å². The average molecular weight is 610 g/mol. The van der Waals surface area contributed by atoms with Gasteiger partial charge in [0, 0.05) is 29.6 Å². The molecule has 43 heavy (non-hydrogen) atoms. The molecule has 2 aromatic heterocycles. The molecule has 7 nitrogen and oxygen atoms in total. The maximum atomic E-state index is 14.3. The number of allylic oxidation sites excluding steroid dienone is 1. The molecule has 218 valence electrons. The Balaban J connectivity index is 1.55. The van der Waals surface area contributed by atoms with Gasteiger partial charge in [0.05, 0.1) is 22.9 Å². The summed E-state index contributed by atoms with van der Waals surface area (Å²) in [5, 5.41) is 2.63. The van der Waals surface area contributed by atoms with E-state index in [1.54, 1.807) is 22.7 Å². The quantitative estimate of drug-likeness (QED) is 0.215. The summed E-state index contributed by atoms with van der Waals surface area (Å²) in [7, 11) is 1.61. The molecule has 9 heteroatoms. The molecule has 0 fully saturated rings. The number of likely N-dealkylation sites (N-methyl/N-ethyl adjacent to an activating group) is 1. The van der Waals surface area contributed by atoms with Crippen LogP contribution in [0.3, 0.4) is 0 Å². The van der Waals surface area contributed by atoms with Gasteiger partial charge in [-0.2, -0.15) is 0 Å². The first-order chi connectivity index (χ1) is 20.9. The Kier molecular flexibility index (Phi) is 8.10. The Labute approximate surface area is 257 Å². The fourth-order valence-electron chi connectivity index (χ4n) is 5.49. The number of amides is 1. The van der Waals surface area contributed by atoms with E-state index in [0.717, 1.165) is 26.3 Å². The molecular formula is C34H31N3O4S2. The van der Waals surface area contributed by atoms with E-state index in [1.807, 2.05) is 99.6 Å². The lowest BCUT2D eigenvalue weighted by Gasteiger charge is -2.30. The summed E-state index contributed by atoms with van der Waals surface area (Å²) in [5.74, 6) is 1.03. The van der Waals surface area contributed by atoms with Crippen LogP contribution in [-0.2, 0) is 4.79 Å². The minimum absolute atomic E-state index is 0.144. The molecule has 3 aromatic carbocycles. The van der Waals surface area contributed by atoms with Gasteiger partial charge in [0.15, 0.2) is 9.89 Å². The fraction of sp³-hybridized carbons (Fsp3) is 0.206. The number of rotatable bonds is 8. The van der Waals surface area contributed by atoms with Gasteiger partial charge in [0.2, 0.25) is 0 Å². The second kappa shape index (κ2) is 12.1. The number of furan rings is 1. The zero-order chi connectivity index (χ0) is 30.1. The van der Waals surface area contributed by atoms with Crippen molar-refractivity contribution in [1.82, 2.24) is 9.47 Å². The van der Waals surface area contributed by atoms with E-state index in [4.69, 9.17) is 14.1 Å². The molecule has 1 aliphatic heterocycles. The molecule has 5 aromatic rings. The summed E-state index contributed by atoms with van der Waals surface area (Å²) < 4.78 is 14.1. The van der Waals surface area contributed by atoms with Crippen molar-refractivity contribution < 1.29 is 13.9 Å². The van der Waals surface area contributed by atoms with Crippen molar-refractivity contribution in [1.29, 1.82) is 0 Å². The first-order valence-corrected chi connectivity index (χ1v) is 15.8. The molecule has 0 N–H and O–H groups in total. The smallest absolute Gasteiger partial charge is 0.271 e. The Hall–Kier alpha value is -4.34. The van der Waals surface area contributed by atoms with Gasteiger partial charge in [-0.1, -0.05) is 71.6 Å². The summed E-state index contributed by atoms with van der Waals surface area (Å²) in [5.41, 5.74) is 1.58. The number of ether oxygens (including phenoxy) is 1. The van der Waals surface area contributed by atoms with E-state index in [2.05, 4.69) is 0 Å². The number of nitrogens with zero attached hydrogens (tertiary/aromatic N) is 3.